The number of nitrogens with one attached hydrogen (secondary N) is 3. The first-order valence-corrected chi connectivity index (χ1v) is 8.30. The highest BCUT2D eigenvalue weighted by molar-refractivity contribution is 5.94. The minimum atomic E-state index is -0.454. The van der Waals surface area contributed by atoms with Crippen LogP contribution in [0.5, 0.6) is 11.5 Å². The zero-order valence-electron chi connectivity index (χ0n) is 15.2. The topological polar surface area (TPSA) is 88.7 Å². The summed E-state index contributed by atoms with van der Waals surface area (Å²) in [7, 11) is 3.12. The van der Waals surface area contributed by atoms with Crippen molar-refractivity contribution in [1.82, 2.24) is 10.6 Å². The largest absolute Gasteiger partial charge is 0.493 e. The minimum Gasteiger partial charge on any atom is -0.493 e. The zero-order valence-corrected chi connectivity index (χ0v) is 15.2. The first-order chi connectivity index (χ1) is 13.0. The monoisotopic (exact) mass is 375 g/mol. The molecule has 7 nitrogen and oxygen atoms in total. The highest BCUT2D eigenvalue weighted by Crippen LogP contribution is 2.27. The molecule has 0 spiro atoms. The second-order valence-electron chi connectivity index (χ2n) is 5.60. The maximum absolute atomic E-state index is 12.8. The summed E-state index contributed by atoms with van der Waals surface area (Å²) in [5.41, 5.74) is 1.43. The number of hydrogen-bond donors (Lipinski definition) is 3. The molecule has 0 radical (unpaired) electrons. The van der Waals surface area contributed by atoms with E-state index in [-0.39, 0.29) is 12.4 Å². The van der Waals surface area contributed by atoms with Gasteiger partial charge in [0.2, 0.25) is 5.91 Å². The van der Waals surface area contributed by atoms with Crippen LogP contribution in [0.1, 0.15) is 5.56 Å². The fourth-order valence-electron chi connectivity index (χ4n) is 2.32. The quantitative estimate of drug-likeness (QED) is 0.661. The number of urea groups is 1. The van der Waals surface area contributed by atoms with Crippen LogP contribution in [0.3, 0.4) is 0 Å². The van der Waals surface area contributed by atoms with Crippen LogP contribution in [0, 0.1) is 5.82 Å². The fourth-order valence-corrected chi connectivity index (χ4v) is 2.32. The van der Waals surface area contributed by atoms with Gasteiger partial charge in [0.25, 0.3) is 0 Å². The average molecular weight is 375 g/mol. The molecular weight excluding hydrogens is 353 g/mol. The molecule has 0 atom stereocenters. The van der Waals surface area contributed by atoms with Crippen molar-refractivity contribution in [3.63, 3.8) is 0 Å². The van der Waals surface area contributed by atoms with Gasteiger partial charge in [0.1, 0.15) is 5.82 Å². The summed E-state index contributed by atoms with van der Waals surface area (Å²) in [5.74, 6) is 0.465. The summed E-state index contributed by atoms with van der Waals surface area (Å²) < 4.78 is 23.2. The molecule has 0 aliphatic carbocycles. The Labute approximate surface area is 156 Å². The molecule has 8 heteroatoms. The number of methoxy groups -OCH3 is 2. The van der Waals surface area contributed by atoms with Gasteiger partial charge < -0.3 is 25.4 Å². The first-order valence-electron chi connectivity index (χ1n) is 8.30. The van der Waals surface area contributed by atoms with Crippen molar-refractivity contribution in [2.24, 2.45) is 0 Å². The van der Waals surface area contributed by atoms with E-state index in [1.54, 1.807) is 20.3 Å². The molecule has 2 aromatic carbocycles. The molecule has 3 amide bonds. The molecule has 0 fully saturated rings. The number of rotatable bonds is 8. The highest BCUT2D eigenvalue weighted by Gasteiger charge is 2.07. The lowest BCUT2D eigenvalue weighted by atomic mass is 10.1. The first kappa shape index (κ1) is 20.0. The Morgan fingerprint density at radius 1 is 0.963 bits per heavy atom. The maximum Gasteiger partial charge on any atom is 0.315 e. The standard InChI is InChI=1S/C19H22FN3O4/c1-26-16-8-3-13(11-17(16)27-2)9-10-21-19(25)22-12-18(24)23-15-6-4-14(20)5-7-15/h3-8,11H,9-10,12H2,1-2H3,(H,23,24)(H2,21,22,25). The number of halogens is 1. The number of ether oxygens (including phenoxy) is 2. The van der Waals surface area contributed by atoms with Crippen LogP contribution in [0.4, 0.5) is 14.9 Å². The highest BCUT2D eigenvalue weighted by atomic mass is 19.1. The number of hydrogen-bond acceptors (Lipinski definition) is 4. The molecule has 2 aromatic rings. The Balaban J connectivity index is 1.70. The Hall–Kier alpha value is -3.29. The van der Waals surface area contributed by atoms with Gasteiger partial charge >= 0.3 is 6.03 Å². The van der Waals surface area contributed by atoms with Crippen LogP contribution in [-0.2, 0) is 11.2 Å². The van der Waals surface area contributed by atoms with Crippen LogP contribution in [-0.4, -0.2) is 39.2 Å². The maximum atomic E-state index is 12.8. The van der Waals surface area contributed by atoms with Crippen molar-refractivity contribution in [2.75, 3.05) is 32.6 Å². The molecule has 3 N–H and O–H groups in total. The van der Waals surface area contributed by atoms with Crippen LogP contribution in [0.25, 0.3) is 0 Å². The SMILES string of the molecule is COc1ccc(CCNC(=O)NCC(=O)Nc2ccc(F)cc2)cc1OC. The van der Waals surface area contributed by atoms with Gasteiger partial charge in [-0.1, -0.05) is 6.07 Å². The van der Waals surface area contributed by atoms with Crippen molar-refractivity contribution in [3.05, 3.63) is 53.8 Å². The number of carbonyl (C=O) groups excluding carboxylic acids is 2. The predicted octanol–water partition coefficient (Wildman–Crippen LogP) is 2.32. The smallest absolute Gasteiger partial charge is 0.315 e. The van der Waals surface area contributed by atoms with Crippen molar-refractivity contribution in [3.8, 4) is 11.5 Å². The lowest BCUT2D eigenvalue weighted by Gasteiger charge is -2.11. The summed E-state index contributed by atoms with van der Waals surface area (Å²) in [4.78, 5) is 23.5. The lowest BCUT2D eigenvalue weighted by Crippen LogP contribution is -2.40. The molecule has 2 rings (SSSR count). The molecule has 0 aliphatic rings. The Kier molecular flexibility index (Phi) is 7.42. The molecule has 144 valence electrons. The third-order valence-corrected chi connectivity index (χ3v) is 3.68. The van der Waals surface area contributed by atoms with Gasteiger partial charge in [-0.2, -0.15) is 0 Å². The number of carbonyl (C=O) groups is 2. The van der Waals surface area contributed by atoms with E-state index in [0.717, 1.165) is 5.56 Å². The summed E-state index contributed by atoms with van der Waals surface area (Å²) in [6, 6.07) is 10.4. The molecule has 0 unspecified atom stereocenters. The average Bonchev–Trinajstić information content (AvgIpc) is 2.68. The van der Waals surface area contributed by atoms with Gasteiger partial charge in [0, 0.05) is 12.2 Å². The number of amides is 3. The normalized spacial score (nSPS) is 10.0. The second kappa shape index (κ2) is 10.0. The van der Waals surface area contributed by atoms with E-state index in [1.165, 1.54) is 24.3 Å². The molecule has 0 saturated heterocycles. The molecule has 0 saturated carbocycles. The van der Waals surface area contributed by atoms with Gasteiger partial charge in [-0.25, -0.2) is 9.18 Å². The van der Waals surface area contributed by atoms with E-state index in [0.29, 0.717) is 30.2 Å². The molecule has 27 heavy (non-hydrogen) atoms. The van der Waals surface area contributed by atoms with Crippen molar-refractivity contribution in [2.45, 2.75) is 6.42 Å². The third-order valence-electron chi connectivity index (χ3n) is 3.68. The summed E-state index contributed by atoms with van der Waals surface area (Å²) >= 11 is 0. The Morgan fingerprint density at radius 3 is 2.33 bits per heavy atom. The van der Waals surface area contributed by atoms with Gasteiger partial charge in [0.15, 0.2) is 11.5 Å². The van der Waals surface area contributed by atoms with Crippen LogP contribution in [0.15, 0.2) is 42.5 Å². The third kappa shape index (κ3) is 6.50. The van der Waals surface area contributed by atoms with Crippen molar-refractivity contribution < 1.29 is 23.5 Å². The van der Waals surface area contributed by atoms with Crippen LogP contribution >= 0.6 is 0 Å². The Bertz CT molecular complexity index is 781. The molecule has 0 heterocycles. The van der Waals surface area contributed by atoms with Gasteiger partial charge in [-0.15, -0.1) is 0 Å². The molecular formula is C19H22FN3O4. The van der Waals surface area contributed by atoms with Crippen molar-refractivity contribution in [1.29, 1.82) is 0 Å². The molecule has 0 aromatic heterocycles. The lowest BCUT2D eigenvalue weighted by molar-refractivity contribution is -0.115. The van der Waals surface area contributed by atoms with E-state index in [9.17, 15) is 14.0 Å². The predicted molar refractivity (Wildman–Crippen MR) is 99.7 cm³/mol. The fraction of sp³-hybridized carbons (Fsp3) is 0.263. The molecule has 0 bridgehead atoms. The molecule has 0 aliphatic heterocycles. The zero-order chi connectivity index (χ0) is 19.6. The van der Waals surface area contributed by atoms with Crippen molar-refractivity contribution >= 4 is 17.6 Å². The van der Waals surface area contributed by atoms with Gasteiger partial charge in [0.05, 0.1) is 20.8 Å². The minimum absolute atomic E-state index is 0.195. The second-order valence-corrected chi connectivity index (χ2v) is 5.60. The Morgan fingerprint density at radius 2 is 1.67 bits per heavy atom. The van der Waals surface area contributed by atoms with Crippen LogP contribution in [0.2, 0.25) is 0 Å². The summed E-state index contributed by atoms with van der Waals surface area (Å²) in [5, 5.41) is 7.69. The summed E-state index contributed by atoms with van der Waals surface area (Å²) in [6.07, 6.45) is 0.593. The van der Waals surface area contributed by atoms with E-state index in [4.69, 9.17) is 9.47 Å². The van der Waals surface area contributed by atoms with Gasteiger partial charge in [-0.05, 0) is 48.4 Å². The van der Waals surface area contributed by atoms with E-state index in [2.05, 4.69) is 16.0 Å². The number of benzene rings is 2. The van der Waals surface area contributed by atoms with E-state index in [1.807, 2.05) is 12.1 Å². The van der Waals surface area contributed by atoms with E-state index < -0.39 is 11.9 Å². The van der Waals surface area contributed by atoms with E-state index >= 15 is 0 Å². The summed E-state index contributed by atoms with van der Waals surface area (Å²) in [6.45, 7) is 0.195. The van der Waals surface area contributed by atoms with Crippen LogP contribution < -0.4 is 25.4 Å². The van der Waals surface area contributed by atoms with Gasteiger partial charge in [-0.3, -0.25) is 4.79 Å². The number of anilines is 1.